The van der Waals surface area contributed by atoms with Gasteiger partial charge in [0.1, 0.15) is 0 Å². The number of rotatable bonds is 7. The van der Waals surface area contributed by atoms with Crippen LogP contribution in [0.3, 0.4) is 0 Å². The Morgan fingerprint density at radius 1 is 0.825 bits per heavy atom. The highest BCUT2D eigenvalue weighted by Gasteiger charge is 2.57. The number of hydrogen-bond acceptors (Lipinski definition) is 7. The van der Waals surface area contributed by atoms with Crippen LogP contribution in [0.2, 0.25) is 5.04 Å². The molecule has 0 spiro atoms. The summed E-state index contributed by atoms with van der Waals surface area (Å²) in [5.74, 6) is -1.86. The van der Waals surface area contributed by atoms with Crippen molar-refractivity contribution in [1.29, 1.82) is 0 Å². The summed E-state index contributed by atoms with van der Waals surface area (Å²) in [5.41, 5.74) is 0.522. The van der Waals surface area contributed by atoms with Gasteiger partial charge in [-0.05, 0) is 27.5 Å². The Morgan fingerprint density at radius 3 is 1.88 bits per heavy atom. The summed E-state index contributed by atoms with van der Waals surface area (Å²) in [6.07, 6.45) is -2.28. The van der Waals surface area contributed by atoms with E-state index in [4.69, 9.17) is 18.7 Å². The number of ether oxygens (including phenoxy) is 2. The lowest BCUT2D eigenvalue weighted by Crippen LogP contribution is -2.67. The average molecular weight is 558 g/mol. The SMILES string of the molecule is CC(C)(C)[Si](OC[C@H]1OC(ON2C(=O)c3ccccc3C2=O)[C@@H]2OC(=O)C[C@H]12)(c1ccccc1)c1ccccc1. The van der Waals surface area contributed by atoms with Crippen molar-refractivity contribution >= 4 is 36.5 Å². The molecule has 0 radical (unpaired) electrons. The molecule has 4 atom stereocenters. The number of amides is 2. The Bertz CT molecular complexity index is 1360. The molecule has 9 heteroatoms. The summed E-state index contributed by atoms with van der Waals surface area (Å²) in [6, 6.07) is 27.0. The summed E-state index contributed by atoms with van der Waals surface area (Å²) in [7, 11) is -2.87. The first-order chi connectivity index (χ1) is 19.2. The number of carbonyl (C=O) groups excluding carboxylic acids is 3. The molecule has 0 bridgehead atoms. The zero-order valence-corrected chi connectivity index (χ0v) is 23.6. The van der Waals surface area contributed by atoms with Crippen LogP contribution >= 0.6 is 0 Å². The molecule has 40 heavy (non-hydrogen) atoms. The van der Waals surface area contributed by atoms with Crippen molar-refractivity contribution in [3.8, 4) is 0 Å². The number of fused-ring (bicyclic) bond motifs is 2. The second kappa shape index (κ2) is 10.1. The smallest absolute Gasteiger partial charge is 0.306 e. The van der Waals surface area contributed by atoms with Gasteiger partial charge in [0, 0.05) is 5.92 Å². The maximum Gasteiger partial charge on any atom is 0.306 e. The first kappa shape index (κ1) is 26.6. The molecule has 2 amide bonds. The van der Waals surface area contributed by atoms with E-state index in [1.807, 2.05) is 36.4 Å². The van der Waals surface area contributed by atoms with E-state index in [0.717, 1.165) is 10.4 Å². The summed E-state index contributed by atoms with van der Waals surface area (Å²) >= 11 is 0. The fraction of sp³-hybridized carbons (Fsp3) is 0.323. The van der Waals surface area contributed by atoms with E-state index >= 15 is 0 Å². The molecule has 3 aliphatic heterocycles. The number of esters is 1. The van der Waals surface area contributed by atoms with Gasteiger partial charge in [-0.15, -0.1) is 5.06 Å². The van der Waals surface area contributed by atoms with Gasteiger partial charge >= 0.3 is 5.97 Å². The average Bonchev–Trinajstić information content (AvgIpc) is 3.56. The van der Waals surface area contributed by atoms with Gasteiger partial charge in [-0.1, -0.05) is 93.6 Å². The molecule has 0 aromatic heterocycles. The number of benzene rings is 3. The molecule has 206 valence electrons. The lowest BCUT2D eigenvalue weighted by molar-refractivity contribution is -0.251. The van der Waals surface area contributed by atoms with E-state index in [2.05, 4.69) is 45.0 Å². The molecule has 3 aliphatic rings. The minimum atomic E-state index is -2.87. The minimum absolute atomic E-state index is 0.140. The van der Waals surface area contributed by atoms with E-state index in [9.17, 15) is 14.4 Å². The Balaban J connectivity index is 1.28. The highest BCUT2D eigenvalue weighted by atomic mass is 28.4. The van der Waals surface area contributed by atoms with Crippen molar-refractivity contribution in [3.05, 3.63) is 96.1 Å². The van der Waals surface area contributed by atoms with Gasteiger partial charge in [0.2, 0.25) is 6.29 Å². The fourth-order valence-electron chi connectivity index (χ4n) is 6.13. The van der Waals surface area contributed by atoms with Crippen LogP contribution in [-0.2, 0) is 23.5 Å². The molecule has 3 heterocycles. The first-order valence-corrected chi connectivity index (χ1v) is 15.4. The van der Waals surface area contributed by atoms with Crippen LogP contribution in [0.15, 0.2) is 84.9 Å². The highest BCUT2D eigenvalue weighted by molar-refractivity contribution is 6.99. The molecule has 3 aromatic rings. The zero-order valence-electron chi connectivity index (χ0n) is 22.6. The molecule has 0 saturated carbocycles. The van der Waals surface area contributed by atoms with Gasteiger partial charge in [-0.3, -0.25) is 14.4 Å². The van der Waals surface area contributed by atoms with Gasteiger partial charge < -0.3 is 13.9 Å². The Morgan fingerprint density at radius 2 is 1.35 bits per heavy atom. The summed E-state index contributed by atoms with van der Waals surface area (Å²) in [5, 5.41) is 2.72. The number of nitrogens with zero attached hydrogens (tertiary/aromatic N) is 1. The van der Waals surface area contributed by atoms with Gasteiger partial charge in [0.05, 0.1) is 30.3 Å². The van der Waals surface area contributed by atoms with Crippen LogP contribution in [-0.4, -0.2) is 56.3 Å². The van der Waals surface area contributed by atoms with E-state index in [1.54, 1.807) is 24.3 Å². The standard InChI is InChI=1S/C31H31NO7Si/c1-31(2,3)40(20-12-6-4-7-13-20,21-14-8-5-9-15-21)36-19-25-24-18-26(33)38-27(24)30(37-25)39-32-28(34)22-16-10-11-17-23(22)29(32)35/h4-17,24-25,27,30H,18-19H2,1-3H3/t24-,25-,27-,30?/m1/s1. The third-order valence-corrected chi connectivity index (χ3v) is 13.0. The van der Waals surface area contributed by atoms with Crippen molar-refractivity contribution in [1.82, 2.24) is 5.06 Å². The zero-order chi connectivity index (χ0) is 28.1. The number of carbonyl (C=O) groups is 3. The third kappa shape index (κ3) is 4.30. The molecule has 3 aromatic carbocycles. The topological polar surface area (TPSA) is 91.4 Å². The van der Waals surface area contributed by atoms with Crippen molar-refractivity contribution in [2.24, 2.45) is 5.92 Å². The molecule has 0 aliphatic carbocycles. The van der Waals surface area contributed by atoms with E-state index < -0.39 is 38.6 Å². The van der Waals surface area contributed by atoms with E-state index in [-0.39, 0.29) is 41.1 Å². The van der Waals surface area contributed by atoms with Gasteiger partial charge in [0.15, 0.2) is 6.10 Å². The highest BCUT2D eigenvalue weighted by Crippen LogP contribution is 2.42. The molecular weight excluding hydrogens is 526 g/mol. The largest absolute Gasteiger partial charge is 0.456 e. The van der Waals surface area contributed by atoms with Gasteiger partial charge in [0.25, 0.3) is 20.1 Å². The molecule has 2 fully saturated rings. The van der Waals surface area contributed by atoms with Crippen molar-refractivity contribution in [2.45, 2.75) is 50.7 Å². The monoisotopic (exact) mass is 557 g/mol. The fourth-order valence-corrected chi connectivity index (χ4v) is 10.7. The van der Waals surface area contributed by atoms with E-state index in [1.165, 1.54) is 0 Å². The first-order valence-electron chi connectivity index (χ1n) is 13.5. The van der Waals surface area contributed by atoms with Crippen LogP contribution in [0.5, 0.6) is 0 Å². The second-order valence-electron chi connectivity index (χ2n) is 11.4. The number of hydroxylamine groups is 2. The van der Waals surface area contributed by atoms with Crippen molar-refractivity contribution < 1.29 is 33.1 Å². The Hall–Kier alpha value is -3.63. The van der Waals surface area contributed by atoms with Crippen molar-refractivity contribution in [3.63, 3.8) is 0 Å². The lowest BCUT2D eigenvalue weighted by atomic mass is 9.98. The molecule has 0 N–H and O–H groups in total. The van der Waals surface area contributed by atoms with Gasteiger partial charge in [-0.25, -0.2) is 4.84 Å². The predicted molar refractivity (Wildman–Crippen MR) is 148 cm³/mol. The van der Waals surface area contributed by atoms with Crippen LogP contribution < -0.4 is 10.4 Å². The molecule has 6 rings (SSSR count). The summed E-state index contributed by atoms with van der Waals surface area (Å²) in [6.45, 7) is 6.75. The lowest BCUT2D eigenvalue weighted by Gasteiger charge is -2.43. The summed E-state index contributed by atoms with van der Waals surface area (Å²) < 4.78 is 18.9. The maximum atomic E-state index is 12.9. The molecule has 2 saturated heterocycles. The normalized spacial score (nSPS) is 24.3. The van der Waals surface area contributed by atoms with Crippen LogP contribution in [0, 0.1) is 5.92 Å². The Labute approximate surface area is 233 Å². The van der Waals surface area contributed by atoms with Gasteiger partial charge in [-0.2, -0.15) is 0 Å². The quantitative estimate of drug-likeness (QED) is 0.250. The van der Waals surface area contributed by atoms with Crippen LogP contribution in [0.1, 0.15) is 47.9 Å². The predicted octanol–water partition coefficient (Wildman–Crippen LogP) is 3.45. The number of hydrogen-bond donors (Lipinski definition) is 0. The van der Waals surface area contributed by atoms with E-state index in [0.29, 0.717) is 5.06 Å². The summed E-state index contributed by atoms with van der Waals surface area (Å²) in [4.78, 5) is 44.0. The minimum Gasteiger partial charge on any atom is -0.456 e. The molecule has 8 nitrogen and oxygen atoms in total. The molecular formula is C31H31NO7Si. The van der Waals surface area contributed by atoms with Crippen LogP contribution in [0.4, 0.5) is 0 Å². The van der Waals surface area contributed by atoms with Crippen molar-refractivity contribution in [2.75, 3.05) is 6.61 Å². The maximum absolute atomic E-state index is 12.9. The molecule has 1 unspecified atom stereocenters. The number of imide groups is 1. The third-order valence-electron chi connectivity index (χ3n) is 7.99. The Kier molecular flexibility index (Phi) is 6.70. The second-order valence-corrected chi connectivity index (χ2v) is 15.7. The van der Waals surface area contributed by atoms with Crippen LogP contribution in [0.25, 0.3) is 0 Å².